The van der Waals surface area contributed by atoms with E-state index < -0.39 is 9.84 Å². The summed E-state index contributed by atoms with van der Waals surface area (Å²) < 4.78 is 24.6. The number of carbonyl (C=O) groups is 1. The van der Waals surface area contributed by atoms with Gasteiger partial charge in [0.15, 0.2) is 9.84 Å². The number of thiophene rings is 1. The first kappa shape index (κ1) is 18.4. The maximum atomic E-state index is 12.8. The molecule has 2 heterocycles. The standard InChI is InChI=1S/C17H19ClN2O3S2/c1-25(22,23)15-5-3-2-4-14(15)17(21)20-10-8-19(9-11-20)12-13-6-7-16(18)24-13/h2-7H,8-12H2,1H3/p+1. The van der Waals surface area contributed by atoms with Gasteiger partial charge in [-0.15, -0.1) is 11.3 Å². The largest absolute Gasteiger partial charge is 0.328 e. The van der Waals surface area contributed by atoms with Crippen LogP contribution in [0.5, 0.6) is 0 Å². The minimum absolute atomic E-state index is 0.100. The zero-order chi connectivity index (χ0) is 18.0. The second-order valence-corrected chi connectivity index (χ2v) is 9.98. The van der Waals surface area contributed by atoms with Crippen LogP contribution in [0.25, 0.3) is 0 Å². The number of rotatable bonds is 4. The minimum atomic E-state index is -3.43. The van der Waals surface area contributed by atoms with Crippen LogP contribution in [-0.4, -0.2) is 51.7 Å². The van der Waals surface area contributed by atoms with Gasteiger partial charge in [0.05, 0.1) is 45.9 Å². The summed E-state index contributed by atoms with van der Waals surface area (Å²) in [5.74, 6) is -0.209. The van der Waals surface area contributed by atoms with Gasteiger partial charge in [0, 0.05) is 6.26 Å². The van der Waals surface area contributed by atoms with Crippen molar-refractivity contribution >= 4 is 38.7 Å². The van der Waals surface area contributed by atoms with Gasteiger partial charge in [-0.2, -0.15) is 0 Å². The van der Waals surface area contributed by atoms with Crippen LogP contribution in [0.1, 0.15) is 15.2 Å². The predicted octanol–water partition coefficient (Wildman–Crippen LogP) is 1.35. The first-order valence-electron chi connectivity index (χ1n) is 8.01. The third-order valence-electron chi connectivity index (χ3n) is 4.33. The zero-order valence-electron chi connectivity index (χ0n) is 13.9. The van der Waals surface area contributed by atoms with Crippen molar-refractivity contribution in [2.24, 2.45) is 0 Å². The van der Waals surface area contributed by atoms with E-state index in [1.54, 1.807) is 34.4 Å². The van der Waals surface area contributed by atoms with Crippen molar-refractivity contribution in [3.05, 3.63) is 51.2 Å². The number of hydrogen-bond donors (Lipinski definition) is 1. The summed E-state index contributed by atoms with van der Waals surface area (Å²) in [6, 6.07) is 10.4. The fourth-order valence-electron chi connectivity index (χ4n) is 3.03. The van der Waals surface area contributed by atoms with E-state index in [9.17, 15) is 13.2 Å². The number of benzene rings is 1. The maximum absolute atomic E-state index is 12.8. The van der Waals surface area contributed by atoms with Crippen LogP contribution in [0, 0.1) is 0 Å². The molecular weight excluding hydrogens is 380 g/mol. The SMILES string of the molecule is CS(=O)(=O)c1ccccc1C(=O)N1CC[NH+](Cc2ccc(Cl)s2)CC1. The van der Waals surface area contributed by atoms with E-state index >= 15 is 0 Å². The number of amides is 1. The predicted molar refractivity (Wildman–Crippen MR) is 99.2 cm³/mol. The minimum Gasteiger partial charge on any atom is -0.328 e. The number of piperazine rings is 1. The van der Waals surface area contributed by atoms with Gasteiger partial charge >= 0.3 is 0 Å². The highest BCUT2D eigenvalue weighted by atomic mass is 35.5. The highest BCUT2D eigenvalue weighted by Gasteiger charge is 2.27. The van der Waals surface area contributed by atoms with Gasteiger partial charge in [-0.1, -0.05) is 23.7 Å². The Morgan fingerprint density at radius 1 is 1.20 bits per heavy atom. The zero-order valence-corrected chi connectivity index (χ0v) is 16.3. The quantitative estimate of drug-likeness (QED) is 0.844. The van der Waals surface area contributed by atoms with Crippen LogP contribution in [0.3, 0.4) is 0 Å². The van der Waals surface area contributed by atoms with Crippen LogP contribution in [0.2, 0.25) is 4.34 Å². The first-order chi connectivity index (χ1) is 11.8. The molecule has 8 heteroatoms. The second kappa shape index (κ2) is 7.45. The summed E-state index contributed by atoms with van der Waals surface area (Å²) in [7, 11) is -3.43. The van der Waals surface area contributed by atoms with Gasteiger partial charge in [-0.25, -0.2) is 8.42 Å². The van der Waals surface area contributed by atoms with Crippen molar-refractivity contribution in [3.8, 4) is 0 Å². The van der Waals surface area contributed by atoms with Gasteiger partial charge in [-0.3, -0.25) is 4.79 Å². The molecule has 1 fully saturated rings. The lowest BCUT2D eigenvalue weighted by atomic mass is 10.2. The van der Waals surface area contributed by atoms with Crippen molar-refractivity contribution in [2.45, 2.75) is 11.4 Å². The fourth-order valence-corrected chi connectivity index (χ4v) is 5.07. The van der Waals surface area contributed by atoms with Gasteiger partial charge in [0.1, 0.15) is 6.54 Å². The van der Waals surface area contributed by atoms with Crippen LogP contribution >= 0.6 is 22.9 Å². The summed E-state index contributed by atoms with van der Waals surface area (Å²) in [6.45, 7) is 3.81. The Kier molecular flexibility index (Phi) is 5.48. The first-order valence-corrected chi connectivity index (χ1v) is 11.1. The third kappa shape index (κ3) is 4.41. The molecule has 1 aliphatic heterocycles. The van der Waals surface area contributed by atoms with E-state index in [-0.39, 0.29) is 16.4 Å². The Hall–Kier alpha value is -1.41. The Balaban J connectivity index is 1.66. The lowest BCUT2D eigenvalue weighted by Gasteiger charge is -2.32. The molecule has 0 aliphatic carbocycles. The number of nitrogens with zero attached hydrogens (tertiary/aromatic N) is 1. The van der Waals surface area contributed by atoms with Gasteiger partial charge in [0.25, 0.3) is 5.91 Å². The highest BCUT2D eigenvalue weighted by Crippen LogP contribution is 2.21. The molecule has 1 aromatic carbocycles. The molecule has 134 valence electrons. The Morgan fingerprint density at radius 2 is 1.88 bits per heavy atom. The molecule has 1 aliphatic rings. The van der Waals surface area contributed by atoms with Crippen LogP contribution in [0.4, 0.5) is 0 Å². The number of halogens is 1. The summed E-state index contributed by atoms with van der Waals surface area (Å²) in [5.41, 5.74) is 0.262. The van der Waals surface area contributed by atoms with E-state index in [1.165, 1.54) is 15.8 Å². The summed E-state index contributed by atoms with van der Waals surface area (Å²) in [4.78, 5) is 17.3. The summed E-state index contributed by atoms with van der Waals surface area (Å²) in [5, 5.41) is 0. The Labute approximate surface area is 156 Å². The molecule has 5 nitrogen and oxygen atoms in total. The van der Waals surface area contributed by atoms with Crippen molar-refractivity contribution in [2.75, 3.05) is 32.4 Å². The molecular formula is C17H20ClN2O3S2+. The molecule has 0 spiro atoms. The average Bonchev–Trinajstić information content (AvgIpc) is 2.99. The molecule has 1 aromatic heterocycles. The van der Waals surface area contributed by atoms with E-state index in [1.807, 2.05) is 12.1 Å². The summed E-state index contributed by atoms with van der Waals surface area (Å²) in [6.07, 6.45) is 1.13. The number of sulfone groups is 1. The van der Waals surface area contributed by atoms with Crippen LogP contribution in [-0.2, 0) is 16.4 Å². The molecule has 3 rings (SSSR count). The lowest BCUT2D eigenvalue weighted by molar-refractivity contribution is -0.917. The maximum Gasteiger partial charge on any atom is 0.255 e. The molecule has 25 heavy (non-hydrogen) atoms. The fraction of sp³-hybridized carbons (Fsp3) is 0.353. The van der Waals surface area contributed by atoms with Crippen molar-refractivity contribution in [1.82, 2.24) is 4.90 Å². The van der Waals surface area contributed by atoms with Crippen molar-refractivity contribution in [1.29, 1.82) is 0 Å². The van der Waals surface area contributed by atoms with Crippen LogP contribution in [0.15, 0.2) is 41.3 Å². The second-order valence-electron chi connectivity index (χ2n) is 6.19. The topological polar surface area (TPSA) is 58.9 Å². The molecule has 1 saturated heterocycles. The smallest absolute Gasteiger partial charge is 0.255 e. The molecule has 0 radical (unpaired) electrons. The molecule has 0 bridgehead atoms. The third-order valence-corrected chi connectivity index (χ3v) is 6.71. The van der Waals surface area contributed by atoms with Gasteiger partial charge < -0.3 is 9.80 Å². The van der Waals surface area contributed by atoms with Crippen molar-refractivity contribution < 1.29 is 18.1 Å². The molecule has 0 saturated carbocycles. The molecule has 1 amide bonds. The molecule has 2 aromatic rings. The highest BCUT2D eigenvalue weighted by molar-refractivity contribution is 7.90. The molecule has 0 unspecified atom stereocenters. The lowest BCUT2D eigenvalue weighted by Crippen LogP contribution is -3.13. The number of carbonyl (C=O) groups excluding carboxylic acids is 1. The van der Waals surface area contributed by atoms with E-state index in [0.717, 1.165) is 30.2 Å². The van der Waals surface area contributed by atoms with E-state index in [0.29, 0.717) is 13.1 Å². The van der Waals surface area contributed by atoms with Gasteiger partial charge in [-0.05, 0) is 24.3 Å². The average molecular weight is 400 g/mol. The van der Waals surface area contributed by atoms with Crippen molar-refractivity contribution in [3.63, 3.8) is 0 Å². The van der Waals surface area contributed by atoms with E-state index in [2.05, 4.69) is 0 Å². The van der Waals surface area contributed by atoms with Gasteiger partial charge in [0.2, 0.25) is 0 Å². The molecule has 0 atom stereocenters. The van der Waals surface area contributed by atoms with Crippen LogP contribution < -0.4 is 4.90 Å². The number of nitrogens with one attached hydrogen (secondary N) is 1. The Bertz CT molecular complexity index is 872. The molecule has 1 N–H and O–H groups in total. The number of hydrogen-bond acceptors (Lipinski definition) is 4. The number of quaternary nitrogens is 1. The Morgan fingerprint density at radius 3 is 2.48 bits per heavy atom. The summed E-state index contributed by atoms with van der Waals surface area (Å²) >= 11 is 7.56. The van der Waals surface area contributed by atoms with E-state index in [4.69, 9.17) is 11.6 Å². The normalized spacial score (nSPS) is 16.2. The monoisotopic (exact) mass is 399 g/mol.